The third kappa shape index (κ3) is 7.82. The van der Waals surface area contributed by atoms with Crippen LogP contribution in [0.4, 0.5) is 22.8 Å². The molecule has 18 heteroatoms. The van der Waals surface area contributed by atoms with E-state index in [9.17, 15) is 45.6 Å². The number of fused-ring (bicyclic) bond motifs is 3. The van der Waals surface area contributed by atoms with E-state index in [1.54, 1.807) is 12.1 Å². The van der Waals surface area contributed by atoms with E-state index < -0.39 is 99.5 Å². The first-order chi connectivity index (χ1) is 25.2. The van der Waals surface area contributed by atoms with Gasteiger partial charge in [-0.05, 0) is 50.2 Å². The molecule has 0 unspecified atom stereocenters. The van der Waals surface area contributed by atoms with Crippen molar-refractivity contribution in [1.29, 1.82) is 0 Å². The molecule has 2 saturated carbocycles. The molecule has 6 amide bonds. The lowest BCUT2D eigenvalue weighted by Gasteiger charge is -2.30. The van der Waals surface area contributed by atoms with E-state index >= 15 is 0 Å². The predicted octanol–water partition coefficient (Wildman–Crippen LogP) is 2.67. The Hall–Kier alpha value is -4.35. The van der Waals surface area contributed by atoms with Gasteiger partial charge in [-0.3, -0.25) is 24.0 Å². The number of carbonyl (C=O) groups excluding carboxylic acids is 5. The molecule has 4 fully saturated rings. The fraction of sp³-hybridized carbons (Fsp3) is 0.629. The maximum absolute atomic E-state index is 14.4. The molecule has 0 spiro atoms. The standard InChI is InChI=1S/C35H43F3N6O8S/c36-26-9-6-7-21-17-43(19-25(21)26)33(49)52-23-15-28-29(45)40-35(31(47)41-53(50,51)24-11-12-24)16-22(35)8-4-2-1-3-5-10-27(30(46)44(28)18-23)39-32(48)42-14-13-34(37,38)20-42/h4,6-9,22-24,27-28H,1-3,5,10-20H2,(H,39,48)(H,40,45)(H,41,47)/t22-,23-,27+,28+,35-/m1/s1. The van der Waals surface area contributed by atoms with Gasteiger partial charge in [-0.25, -0.2) is 31.2 Å². The van der Waals surface area contributed by atoms with Gasteiger partial charge in [-0.1, -0.05) is 37.1 Å². The minimum atomic E-state index is -3.96. The Bertz CT molecular complexity index is 1830. The first kappa shape index (κ1) is 37.0. The molecular formula is C35H43F3N6O8S. The molecule has 2 saturated heterocycles. The lowest BCUT2D eigenvalue weighted by molar-refractivity contribution is -0.141. The number of nitrogens with zero attached hydrogens (tertiary/aromatic N) is 3. The number of nitrogens with one attached hydrogen (secondary N) is 3. The molecule has 1 aromatic carbocycles. The van der Waals surface area contributed by atoms with Crippen LogP contribution in [0.25, 0.3) is 0 Å². The Morgan fingerprint density at radius 2 is 1.81 bits per heavy atom. The van der Waals surface area contributed by atoms with Gasteiger partial charge in [0.1, 0.15) is 29.5 Å². The Balaban J connectivity index is 1.13. The van der Waals surface area contributed by atoms with Crippen LogP contribution in [0.5, 0.6) is 0 Å². The second-order valence-electron chi connectivity index (χ2n) is 15.0. The lowest BCUT2D eigenvalue weighted by Crippen LogP contribution is -2.58. The van der Waals surface area contributed by atoms with Crippen LogP contribution in [0.2, 0.25) is 0 Å². The van der Waals surface area contributed by atoms with E-state index in [0.717, 1.165) is 9.80 Å². The van der Waals surface area contributed by atoms with Gasteiger partial charge in [0.25, 0.3) is 11.8 Å². The molecule has 7 rings (SSSR count). The third-order valence-electron chi connectivity index (χ3n) is 11.0. The van der Waals surface area contributed by atoms with Gasteiger partial charge in [-0.15, -0.1) is 0 Å². The fourth-order valence-corrected chi connectivity index (χ4v) is 9.09. The Kier molecular flexibility index (Phi) is 9.86. The van der Waals surface area contributed by atoms with Crippen molar-refractivity contribution in [1.82, 2.24) is 30.1 Å². The zero-order valence-electron chi connectivity index (χ0n) is 29.0. The smallest absolute Gasteiger partial charge is 0.410 e. The van der Waals surface area contributed by atoms with Gasteiger partial charge in [0.05, 0.1) is 24.9 Å². The third-order valence-corrected chi connectivity index (χ3v) is 12.9. The average molecular weight is 765 g/mol. The van der Waals surface area contributed by atoms with Crippen LogP contribution in [0, 0.1) is 11.7 Å². The monoisotopic (exact) mass is 764 g/mol. The summed E-state index contributed by atoms with van der Waals surface area (Å²) in [5.74, 6) is -6.42. The Morgan fingerprint density at radius 1 is 1.02 bits per heavy atom. The number of benzene rings is 1. The summed E-state index contributed by atoms with van der Waals surface area (Å²) >= 11 is 0. The summed E-state index contributed by atoms with van der Waals surface area (Å²) in [7, 11) is -3.96. The summed E-state index contributed by atoms with van der Waals surface area (Å²) < 4.78 is 75.8. The summed E-state index contributed by atoms with van der Waals surface area (Å²) in [6.45, 7) is -1.23. The number of allylic oxidation sites excluding steroid dienone is 1. The average Bonchev–Trinajstić information content (AvgIpc) is 3.93. The number of rotatable bonds is 5. The SMILES string of the molecule is O=C1N[C@]2(C(=O)NS(=O)(=O)C3CC3)C[C@H]2C=CCCCCC[C@H](NC(=O)N2CCC(F)(F)C2)C(=O)N2C[C@H](OC(=O)N3Cc4cccc(F)c4C3)C[C@@H]12. The summed E-state index contributed by atoms with van der Waals surface area (Å²) in [6.07, 6.45) is 4.60. The van der Waals surface area contributed by atoms with Crippen molar-refractivity contribution in [3.05, 3.63) is 47.3 Å². The van der Waals surface area contributed by atoms with E-state index in [2.05, 4.69) is 15.4 Å². The van der Waals surface area contributed by atoms with Crippen molar-refractivity contribution < 1.29 is 50.3 Å². The van der Waals surface area contributed by atoms with Crippen LogP contribution >= 0.6 is 0 Å². The van der Waals surface area contributed by atoms with E-state index in [-0.39, 0.29) is 45.4 Å². The van der Waals surface area contributed by atoms with Gasteiger partial charge in [0.15, 0.2) is 0 Å². The van der Waals surface area contributed by atoms with Gasteiger partial charge in [0.2, 0.25) is 21.8 Å². The number of likely N-dealkylation sites (tertiary alicyclic amines) is 1. The normalized spacial score (nSPS) is 30.0. The fourth-order valence-electron chi connectivity index (χ4n) is 7.72. The van der Waals surface area contributed by atoms with Crippen molar-refractivity contribution in [2.45, 2.75) is 112 Å². The topological polar surface area (TPSA) is 175 Å². The van der Waals surface area contributed by atoms with Crippen LogP contribution in [0.1, 0.15) is 75.3 Å². The number of hydrogen-bond donors (Lipinski definition) is 3. The van der Waals surface area contributed by atoms with Gasteiger partial charge in [-0.2, -0.15) is 0 Å². The molecule has 4 heterocycles. The molecule has 6 aliphatic rings. The quantitative estimate of drug-likeness (QED) is 0.384. The largest absolute Gasteiger partial charge is 0.444 e. The number of urea groups is 1. The van der Waals surface area contributed by atoms with Crippen molar-refractivity contribution in [3.8, 4) is 0 Å². The zero-order chi connectivity index (χ0) is 37.7. The molecule has 3 N–H and O–H groups in total. The number of ether oxygens (including phenoxy) is 1. The highest BCUT2D eigenvalue weighted by atomic mass is 32.2. The summed E-state index contributed by atoms with van der Waals surface area (Å²) in [5, 5.41) is 4.65. The highest BCUT2D eigenvalue weighted by Gasteiger charge is 2.62. The molecule has 53 heavy (non-hydrogen) atoms. The molecular weight excluding hydrogens is 721 g/mol. The molecule has 0 aromatic heterocycles. The molecule has 288 valence electrons. The van der Waals surface area contributed by atoms with Crippen molar-refractivity contribution in [2.75, 3.05) is 19.6 Å². The Morgan fingerprint density at radius 3 is 2.53 bits per heavy atom. The Labute approximate surface area is 304 Å². The van der Waals surface area contributed by atoms with Crippen LogP contribution in [-0.2, 0) is 42.2 Å². The number of sulfonamides is 1. The minimum absolute atomic E-state index is 0.0416. The van der Waals surface area contributed by atoms with E-state index in [1.165, 1.54) is 17.0 Å². The summed E-state index contributed by atoms with van der Waals surface area (Å²) in [6, 6.07) is 1.14. The molecule has 0 bridgehead atoms. The first-order valence-corrected chi connectivity index (χ1v) is 19.7. The van der Waals surface area contributed by atoms with Gasteiger partial charge < -0.3 is 25.2 Å². The van der Waals surface area contributed by atoms with Crippen molar-refractivity contribution >= 4 is 39.9 Å². The zero-order valence-corrected chi connectivity index (χ0v) is 29.8. The van der Waals surface area contributed by atoms with Crippen LogP contribution in [0.15, 0.2) is 30.4 Å². The van der Waals surface area contributed by atoms with E-state index in [0.29, 0.717) is 49.7 Å². The molecule has 5 atom stereocenters. The van der Waals surface area contributed by atoms with Crippen molar-refractivity contribution in [3.63, 3.8) is 0 Å². The van der Waals surface area contributed by atoms with Crippen molar-refractivity contribution in [2.24, 2.45) is 5.92 Å². The second-order valence-corrected chi connectivity index (χ2v) is 17.0. The lowest BCUT2D eigenvalue weighted by atomic mass is 10.0. The number of carbonyl (C=O) groups is 5. The summed E-state index contributed by atoms with van der Waals surface area (Å²) in [5.41, 5.74) is -0.642. The molecule has 1 aromatic rings. The summed E-state index contributed by atoms with van der Waals surface area (Å²) in [4.78, 5) is 72.0. The molecule has 14 nitrogen and oxygen atoms in total. The maximum Gasteiger partial charge on any atom is 0.410 e. The van der Waals surface area contributed by atoms with E-state index in [4.69, 9.17) is 4.74 Å². The number of hydrogen-bond acceptors (Lipinski definition) is 8. The first-order valence-electron chi connectivity index (χ1n) is 18.2. The van der Waals surface area contributed by atoms with Crippen LogP contribution < -0.4 is 15.4 Å². The number of alkyl halides is 2. The maximum atomic E-state index is 14.4. The van der Waals surface area contributed by atoms with E-state index in [1.807, 2.05) is 6.08 Å². The number of amides is 6. The van der Waals surface area contributed by atoms with Crippen LogP contribution in [-0.4, -0.2) is 107 Å². The molecule has 0 radical (unpaired) electrons. The van der Waals surface area contributed by atoms with Gasteiger partial charge >= 0.3 is 12.1 Å². The molecule has 4 aliphatic heterocycles. The number of halogens is 3. The predicted molar refractivity (Wildman–Crippen MR) is 181 cm³/mol. The van der Waals surface area contributed by atoms with Crippen LogP contribution in [0.3, 0.4) is 0 Å². The highest BCUT2D eigenvalue weighted by Crippen LogP contribution is 2.46. The molecule has 2 aliphatic carbocycles. The van der Waals surface area contributed by atoms with Gasteiger partial charge in [0, 0.05) is 37.4 Å². The second kappa shape index (κ2) is 14.1. The minimum Gasteiger partial charge on any atom is -0.444 e. The highest BCUT2D eigenvalue weighted by molar-refractivity contribution is 7.91.